The van der Waals surface area contributed by atoms with E-state index in [9.17, 15) is 14.4 Å². The normalized spacial score (nSPS) is 13.9. The Bertz CT molecular complexity index is 554. The first kappa shape index (κ1) is 16.8. The zero-order chi connectivity index (χ0) is 16.7. The van der Waals surface area contributed by atoms with Gasteiger partial charge in [-0.1, -0.05) is 17.7 Å². The highest BCUT2D eigenvalue weighted by Gasteiger charge is 2.27. The zero-order valence-electron chi connectivity index (χ0n) is 13.0. The molecule has 7 heteroatoms. The summed E-state index contributed by atoms with van der Waals surface area (Å²) in [5.74, 6) is 0.0876. The number of ether oxygens (including phenoxy) is 2. The number of rotatable bonds is 8. The molecule has 1 heterocycles. The van der Waals surface area contributed by atoms with E-state index < -0.39 is 6.03 Å². The van der Waals surface area contributed by atoms with E-state index in [1.54, 1.807) is 0 Å². The molecule has 3 amide bonds. The molecule has 0 atom stereocenters. The summed E-state index contributed by atoms with van der Waals surface area (Å²) in [6.07, 6.45) is 0.540. The Balaban J connectivity index is 1.55. The van der Waals surface area contributed by atoms with E-state index >= 15 is 0 Å². The van der Waals surface area contributed by atoms with Gasteiger partial charge in [0.25, 0.3) is 0 Å². The van der Waals surface area contributed by atoms with Crippen molar-refractivity contribution in [1.29, 1.82) is 0 Å². The molecule has 1 aliphatic rings. The van der Waals surface area contributed by atoms with Crippen LogP contribution in [0.15, 0.2) is 24.3 Å². The lowest BCUT2D eigenvalue weighted by Crippen LogP contribution is -2.32. The van der Waals surface area contributed by atoms with Crippen LogP contribution in [0.5, 0.6) is 5.75 Å². The van der Waals surface area contributed by atoms with E-state index in [4.69, 9.17) is 9.47 Å². The lowest BCUT2D eigenvalue weighted by atomic mass is 10.2. The number of aryl methyl sites for hydroxylation is 1. The SMILES string of the molecule is Cc1ccc(OCCOC(=O)CCCN2C(=O)CNC2=O)cc1. The van der Waals surface area contributed by atoms with Crippen molar-refractivity contribution >= 4 is 17.9 Å². The molecule has 0 unspecified atom stereocenters. The topological polar surface area (TPSA) is 84.9 Å². The first-order valence-electron chi connectivity index (χ1n) is 7.49. The highest BCUT2D eigenvalue weighted by Crippen LogP contribution is 2.11. The van der Waals surface area contributed by atoms with Crippen molar-refractivity contribution in [1.82, 2.24) is 10.2 Å². The molecule has 124 valence electrons. The average molecular weight is 320 g/mol. The van der Waals surface area contributed by atoms with Crippen LogP contribution in [-0.4, -0.2) is 49.1 Å². The van der Waals surface area contributed by atoms with Crippen LogP contribution in [-0.2, 0) is 14.3 Å². The predicted octanol–water partition coefficient (Wildman–Crippen LogP) is 1.25. The van der Waals surface area contributed by atoms with Gasteiger partial charge < -0.3 is 14.8 Å². The van der Waals surface area contributed by atoms with Crippen LogP contribution in [0.3, 0.4) is 0 Å². The minimum absolute atomic E-state index is 0.0274. The molecule has 2 rings (SSSR count). The Morgan fingerprint density at radius 3 is 2.61 bits per heavy atom. The van der Waals surface area contributed by atoms with Crippen LogP contribution in [0.25, 0.3) is 0 Å². The number of benzene rings is 1. The molecule has 1 aliphatic heterocycles. The second kappa shape index (κ2) is 8.17. The fourth-order valence-corrected chi connectivity index (χ4v) is 2.08. The largest absolute Gasteiger partial charge is 0.490 e. The molecule has 0 aromatic heterocycles. The molecule has 1 fully saturated rings. The maximum atomic E-state index is 11.6. The van der Waals surface area contributed by atoms with Crippen molar-refractivity contribution in [3.63, 3.8) is 0 Å². The molecule has 1 aromatic rings. The number of urea groups is 1. The van der Waals surface area contributed by atoms with E-state index in [1.807, 2.05) is 31.2 Å². The first-order valence-corrected chi connectivity index (χ1v) is 7.49. The molecular weight excluding hydrogens is 300 g/mol. The molecule has 0 saturated carbocycles. The summed E-state index contributed by atoms with van der Waals surface area (Å²) >= 11 is 0. The number of carbonyl (C=O) groups is 3. The van der Waals surface area contributed by atoms with Crippen molar-refractivity contribution in [2.75, 3.05) is 26.3 Å². The Morgan fingerprint density at radius 1 is 1.22 bits per heavy atom. The van der Waals surface area contributed by atoms with E-state index in [0.29, 0.717) is 6.42 Å². The van der Waals surface area contributed by atoms with Crippen molar-refractivity contribution < 1.29 is 23.9 Å². The fourth-order valence-electron chi connectivity index (χ4n) is 2.08. The van der Waals surface area contributed by atoms with Crippen LogP contribution in [0.1, 0.15) is 18.4 Å². The quantitative estimate of drug-likeness (QED) is 0.443. The maximum Gasteiger partial charge on any atom is 0.324 e. The molecule has 1 N–H and O–H groups in total. The number of hydrogen-bond donors (Lipinski definition) is 1. The number of hydrogen-bond acceptors (Lipinski definition) is 5. The smallest absolute Gasteiger partial charge is 0.324 e. The molecule has 7 nitrogen and oxygen atoms in total. The van der Waals surface area contributed by atoms with Gasteiger partial charge in [-0.3, -0.25) is 14.5 Å². The lowest BCUT2D eigenvalue weighted by Gasteiger charge is -2.11. The number of nitrogens with one attached hydrogen (secondary N) is 1. The third-order valence-electron chi connectivity index (χ3n) is 3.34. The van der Waals surface area contributed by atoms with Crippen molar-refractivity contribution in [2.24, 2.45) is 0 Å². The monoisotopic (exact) mass is 320 g/mol. The van der Waals surface area contributed by atoms with Crippen LogP contribution < -0.4 is 10.1 Å². The van der Waals surface area contributed by atoms with Gasteiger partial charge in [-0.05, 0) is 25.5 Å². The van der Waals surface area contributed by atoms with Gasteiger partial charge in [-0.15, -0.1) is 0 Å². The maximum absolute atomic E-state index is 11.6. The minimum atomic E-state index is -0.408. The van der Waals surface area contributed by atoms with Crippen LogP contribution in [0, 0.1) is 6.92 Å². The molecule has 0 radical (unpaired) electrons. The Morgan fingerprint density at radius 2 is 1.96 bits per heavy atom. The fraction of sp³-hybridized carbons (Fsp3) is 0.438. The van der Waals surface area contributed by atoms with E-state index in [1.165, 1.54) is 0 Å². The van der Waals surface area contributed by atoms with E-state index in [0.717, 1.165) is 16.2 Å². The number of nitrogens with zero attached hydrogens (tertiary/aromatic N) is 1. The van der Waals surface area contributed by atoms with Gasteiger partial charge in [0.05, 0.1) is 6.54 Å². The summed E-state index contributed by atoms with van der Waals surface area (Å²) in [6.45, 7) is 2.68. The van der Waals surface area contributed by atoms with Crippen LogP contribution in [0.2, 0.25) is 0 Å². The molecular formula is C16H20N2O5. The third-order valence-corrected chi connectivity index (χ3v) is 3.34. The van der Waals surface area contributed by atoms with Crippen molar-refractivity contribution in [3.05, 3.63) is 29.8 Å². The predicted molar refractivity (Wildman–Crippen MR) is 82.0 cm³/mol. The van der Waals surface area contributed by atoms with Crippen molar-refractivity contribution in [2.45, 2.75) is 19.8 Å². The van der Waals surface area contributed by atoms with Crippen LogP contribution in [0.4, 0.5) is 4.79 Å². The van der Waals surface area contributed by atoms with E-state index in [-0.39, 0.29) is 44.6 Å². The van der Waals surface area contributed by atoms with Gasteiger partial charge >= 0.3 is 12.0 Å². The minimum Gasteiger partial charge on any atom is -0.490 e. The van der Waals surface area contributed by atoms with Gasteiger partial charge in [0.1, 0.15) is 19.0 Å². The molecule has 0 spiro atoms. The molecule has 0 bridgehead atoms. The first-order chi connectivity index (χ1) is 11.1. The second-order valence-corrected chi connectivity index (χ2v) is 5.19. The average Bonchev–Trinajstić information content (AvgIpc) is 2.85. The Labute approximate surface area is 134 Å². The van der Waals surface area contributed by atoms with Gasteiger partial charge in [0, 0.05) is 13.0 Å². The summed E-state index contributed by atoms with van der Waals surface area (Å²) in [7, 11) is 0. The lowest BCUT2D eigenvalue weighted by molar-refractivity contribution is -0.144. The summed E-state index contributed by atoms with van der Waals surface area (Å²) < 4.78 is 10.5. The Hall–Kier alpha value is -2.57. The van der Waals surface area contributed by atoms with E-state index in [2.05, 4.69) is 5.32 Å². The second-order valence-electron chi connectivity index (χ2n) is 5.19. The molecule has 23 heavy (non-hydrogen) atoms. The zero-order valence-corrected chi connectivity index (χ0v) is 13.0. The highest BCUT2D eigenvalue weighted by molar-refractivity contribution is 6.01. The summed E-state index contributed by atoms with van der Waals surface area (Å²) in [5.41, 5.74) is 1.15. The van der Waals surface area contributed by atoms with Gasteiger partial charge in [0.2, 0.25) is 5.91 Å². The molecule has 1 saturated heterocycles. The summed E-state index contributed by atoms with van der Waals surface area (Å²) in [4.78, 5) is 35.3. The standard InChI is InChI=1S/C16H20N2O5/c1-12-4-6-13(7-5-12)22-9-10-23-15(20)3-2-8-18-14(19)11-17-16(18)21/h4-7H,2-3,8-11H2,1H3,(H,17,21). The number of esters is 1. The third kappa shape index (κ3) is 5.28. The molecule has 1 aromatic carbocycles. The van der Waals surface area contributed by atoms with Gasteiger partial charge in [-0.25, -0.2) is 4.79 Å². The van der Waals surface area contributed by atoms with Crippen LogP contribution >= 0.6 is 0 Å². The number of imide groups is 1. The number of carbonyl (C=O) groups excluding carboxylic acids is 3. The van der Waals surface area contributed by atoms with Gasteiger partial charge in [0.15, 0.2) is 0 Å². The number of amides is 3. The molecule has 0 aliphatic carbocycles. The Kier molecular flexibility index (Phi) is 5.96. The van der Waals surface area contributed by atoms with Gasteiger partial charge in [-0.2, -0.15) is 0 Å². The summed E-state index contributed by atoms with van der Waals surface area (Å²) in [6, 6.07) is 7.19. The highest BCUT2D eigenvalue weighted by atomic mass is 16.6. The summed E-state index contributed by atoms with van der Waals surface area (Å²) in [5, 5.41) is 2.42. The van der Waals surface area contributed by atoms with Crippen molar-refractivity contribution in [3.8, 4) is 5.75 Å².